The minimum absolute atomic E-state index is 0.165. The number of aryl methyl sites for hydroxylation is 1. The first-order chi connectivity index (χ1) is 5.76. The minimum Gasteiger partial charge on any atom is -0.296 e. The molecule has 0 aromatic carbocycles. The Morgan fingerprint density at radius 2 is 2.33 bits per heavy atom. The molecule has 0 unspecified atom stereocenters. The highest BCUT2D eigenvalue weighted by atomic mass is 19.1. The van der Waals surface area contributed by atoms with Crippen molar-refractivity contribution in [3.05, 3.63) is 29.3 Å². The smallest absolute Gasteiger partial charge is 0.168 e. The highest BCUT2D eigenvalue weighted by Crippen LogP contribution is 2.04. The van der Waals surface area contributed by atoms with Gasteiger partial charge >= 0.3 is 0 Å². The summed E-state index contributed by atoms with van der Waals surface area (Å²) in [4.78, 5) is 14.2. The van der Waals surface area contributed by atoms with Gasteiger partial charge < -0.3 is 0 Å². The van der Waals surface area contributed by atoms with Crippen LogP contribution in [0.15, 0.2) is 12.1 Å². The van der Waals surface area contributed by atoms with Crippen LogP contribution < -0.4 is 0 Å². The average molecular weight is 167 g/mol. The molecule has 3 heteroatoms. The van der Waals surface area contributed by atoms with Crippen LogP contribution in [0.2, 0.25) is 0 Å². The Labute approximate surface area is 70.4 Å². The maximum atomic E-state index is 12.7. The quantitative estimate of drug-likeness (QED) is 0.644. The Morgan fingerprint density at radius 1 is 1.58 bits per heavy atom. The Balaban J connectivity index is 2.97. The van der Waals surface area contributed by atoms with Crippen molar-refractivity contribution >= 4 is 6.29 Å². The fourth-order valence-corrected chi connectivity index (χ4v) is 1.02. The lowest BCUT2D eigenvalue weighted by atomic mass is 10.2. The molecule has 0 aliphatic heterocycles. The Kier molecular flexibility index (Phi) is 2.91. The van der Waals surface area contributed by atoms with Crippen molar-refractivity contribution in [3.63, 3.8) is 0 Å². The molecule has 1 heterocycles. The molecule has 0 radical (unpaired) electrons. The Bertz CT molecular complexity index is 286. The van der Waals surface area contributed by atoms with E-state index in [1.807, 2.05) is 6.92 Å². The first-order valence-electron chi connectivity index (χ1n) is 3.88. The van der Waals surface area contributed by atoms with E-state index in [0.717, 1.165) is 12.5 Å². The van der Waals surface area contributed by atoms with Crippen molar-refractivity contribution in [3.8, 4) is 0 Å². The van der Waals surface area contributed by atoms with Gasteiger partial charge in [0.1, 0.15) is 11.5 Å². The molecule has 0 atom stereocenters. The van der Waals surface area contributed by atoms with Gasteiger partial charge in [-0.1, -0.05) is 13.3 Å². The van der Waals surface area contributed by atoms with Crippen molar-refractivity contribution in [1.82, 2.24) is 4.98 Å². The highest BCUT2D eigenvalue weighted by Gasteiger charge is 2.00. The van der Waals surface area contributed by atoms with Gasteiger partial charge in [-0.15, -0.1) is 0 Å². The summed E-state index contributed by atoms with van der Waals surface area (Å²) in [5, 5.41) is 0. The molecule has 12 heavy (non-hydrogen) atoms. The summed E-state index contributed by atoms with van der Waals surface area (Å²) in [6.45, 7) is 1.98. The van der Waals surface area contributed by atoms with Gasteiger partial charge in [0.15, 0.2) is 6.29 Å². The monoisotopic (exact) mass is 167 g/mol. The predicted molar refractivity (Wildman–Crippen MR) is 43.6 cm³/mol. The molecule has 1 rings (SSSR count). The molecular formula is C9H10FNO. The maximum absolute atomic E-state index is 12.7. The molecule has 0 aliphatic carbocycles. The average Bonchev–Trinajstić information content (AvgIpc) is 2.04. The number of rotatable bonds is 3. The predicted octanol–water partition coefficient (Wildman–Crippen LogP) is 1.99. The standard InChI is InChI=1S/C9H10FNO/c1-2-3-8-4-7(10)5-9(6-12)11-8/h4-6H,2-3H2,1H3. The lowest BCUT2D eigenvalue weighted by molar-refractivity contribution is 0.111. The topological polar surface area (TPSA) is 30.0 Å². The van der Waals surface area contributed by atoms with Gasteiger partial charge in [0.25, 0.3) is 0 Å². The van der Waals surface area contributed by atoms with Crippen LogP contribution in [0.3, 0.4) is 0 Å². The molecule has 0 aliphatic rings. The van der Waals surface area contributed by atoms with E-state index in [2.05, 4.69) is 4.98 Å². The van der Waals surface area contributed by atoms with Gasteiger partial charge in [-0.25, -0.2) is 9.37 Å². The third kappa shape index (κ3) is 2.12. The molecule has 2 nitrogen and oxygen atoms in total. The normalized spacial score (nSPS) is 9.83. The number of halogens is 1. The second-order valence-corrected chi connectivity index (χ2v) is 2.57. The summed E-state index contributed by atoms with van der Waals surface area (Å²) in [5.41, 5.74) is 0.804. The Morgan fingerprint density at radius 3 is 2.92 bits per heavy atom. The highest BCUT2D eigenvalue weighted by molar-refractivity contribution is 5.71. The van der Waals surface area contributed by atoms with Crippen molar-refractivity contribution in [2.45, 2.75) is 19.8 Å². The molecule has 0 spiro atoms. The van der Waals surface area contributed by atoms with E-state index < -0.39 is 5.82 Å². The van der Waals surface area contributed by atoms with Crippen molar-refractivity contribution in [2.24, 2.45) is 0 Å². The van der Waals surface area contributed by atoms with Crippen LogP contribution in [0.25, 0.3) is 0 Å². The second-order valence-electron chi connectivity index (χ2n) is 2.57. The minimum atomic E-state index is -0.393. The number of aromatic nitrogens is 1. The lowest BCUT2D eigenvalue weighted by Crippen LogP contribution is -1.95. The van der Waals surface area contributed by atoms with Crippen LogP contribution >= 0.6 is 0 Å². The van der Waals surface area contributed by atoms with E-state index >= 15 is 0 Å². The Hall–Kier alpha value is -1.25. The van der Waals surface area contributed by atoms with E-state index in [9.17, 15) is 9.18 Å². The molecule has 0 amide bonds. The number of pyridine rings is 1. The molecule has 0 N–H and O–H groups in total. The molecule has 0 bridgehead atoms. The maximum Gasteiger partial charge on any atom is 0.168 e. The summed E-state index contributed by atoms with van der Waals surface area (Å²) in [5.74, 6) is -0.393. The molecule has 1 aromatic heterocycles. The molecule has 0 fully saturated rings. The third-order valence-electron chi connectivity index (χ3n) is 1.49. The second kappa shape index (κ2) is 3.95. The van der Waals surface area contributed by atoms with Gasteiger partial charge in [0.05, 0.1) is 0 Å². The number of carbonyl (C=O) groups excluding carboxylic acids is 1. The number of hydrogen-bond acceptors (Lipinski definition) is 2. The van der Waals surface area contributed by atoms with E-state index in [1.165, 1.54) is 6.07 Å². The fraction of sp³-hybridized carbons (Fsp3) is 0.333. The number of carbonyl (C=O) groups is 1. The van der Waals surface area contributed by atoms with Gasteiger partial charge in [-0.05, 0) is 12.5 Å². The van der Waals surface area contributed by atoms with E-state index in [0.29, 0.717) is 18.4 Å². The van der Waals surface area contributed by atoms with E-state index in [4.69, 9.17) is 0 Å². The summed E-state index contributed by atoms with van der Waals surface area (Å²) >= 11 is 0. The first-order valence-corrected chi connectivity index (χ1v) is 3.88. The summed E-state index contributed by atoms with van der Waals surface area (Å²) in [6, 6.07) is 2.49. The van der Waals surface area contributed by atoms with Crippen molar-refractivity contribution < 1.29 is 9.18 Å². The van der Waals surface area contributed by atoms with Gasteiger partial charge in [-0.2, -0.15) is 0 Å². The summed E-state index contributed by atoms with van der Waals surface area (Å²) in [6.07, 6.45) is 2.16. The van der Waals surface area contributed by atoms with E-state index in [-0.39, 0.29) is 5.69 Å². The fourth-order valence-electron chi connectivity index (χ4n) is 1.02. The number of aldehydes is 1. The largest absolute Gasteiger partial charge is 0.296 e. The zero-order chi connectivity index (χ0) is 8.97. The zero-order valence-corrected chi connectivity index (χ0v) is 6.88. The lowest BCUT2D eigenvalue weighted by Gasteiger charge is -1.98. The van der Waals surface area contributed by atoms with Crippen molar-refractivity contribution in [1.29, 1.82) is 0 Å². The van der Waals surface area contributed by atoms with Crippen LogP contribution in [0.1, 0.15) is 29.5 Å². The molecule has 0 saturated heterocycles. The number of nitrogens with zero attached hydrogens (tertiary/aromatic N) is 1. The molecule has 64 valence electrons. The van der Waals surface area contributed by atoms with Crippen LogP contribution in [-0.2, 0) is 6.42 Å². The van der Waals surface area contributed by atoms with Crippen LogP contribution in [0.5, 0.6) is 0 Å². The molecular weight excluding hydrogens is 157 g/mol. The van der Waals surface area contributed by atoms with Crippen LogP contribution in [0, 0.1) is 5.82 Å². The summed E-state index contributed by atoms with van der Waals surface area (Å²) < 4.78 is 12.7. The van der Waals surface area contributed by atoms with Gasteiger partial charge in [-0.3, -0.25) is 4.79 Å². The summed E-state index contributed by atoms with van der Waals surface area (Å²) in [7, 11) is 0. The van der Waals surface area contributed by atoms with Gasteiger partial charge in [0, 0.05) is 11.8 Å². The third-order valence-corrected chi connectivity index (χ3v) is 1.49. The van der Waals surface area contributed by atoms with Crippen LogP contribution in [0.4, 0.5) is 4.39 Å². The molecule has 1 aromatic rings. The first kappa shape index (κ1) is 8.84. The van der Waals surface area contributed by atoms with Crippen molar-refractivity contribution in [2.75, 3.05) is 0 Å². The zero-order valence-electron chi connectivity index (χ0n) is 6.88. The molecule has 0 saturated carbocycles. The van der Waals surface area contributed by atoms with Gasteiger partial charge in [0.2, 0.25) is 0 Å². The van der Waals surface area contributed by atoms with Crippen LogP contribution in [-0.4, -0.2) is 11.3 Å². The number of hydrogen-bond donors (Lipinski definition) is 0. The SMILES string of the molecule is CCCc1cc(F)cc(C=O)n1. The van der Waals surface area contributed by atoms with E-state index in [1.54, 1.807) is 0 Å².